The third-order valence-electron chi connectivity index (χ3n) is 2.18. The largest absolute Gasteiger partial charge is 0.461 e. The predicted octanol–water partition coefficient (Wildman–Crippen LogP) is 0.780. The van der Waals surface area contributed by atoms with E-state index < -0.39 is 5.97 Å². The van der Waals surface area contributed by atoms with E-state index >= 15 is 0 Å². The highest BCUT2D eigenvalue weighted by Gasteiger charge is 2.18. The van der Waals surface area contributed by atoms with Crippen LogP contribution in [0.4, 0.5) is 5.82 Å². The van der Waals surface area contributed by atoms with Crippen molar-refractivity contribution < 1.29 is 9.53 Å². The molecular weight excluding hydrogens is 268 g/mol. The lowest BCUT2D eigenvalue weighted by molar-refractivity contribution is 0.0519. The molecule has 9 heteroatoms. The summed E-state index contributed by atoms with van der Waals surface area (Å²) in [6.45, 7) is 4.01. The van der Waals surface area contributed by atoms with E-state index in [1.165, 1.54) is 16.3 Å². The fourth-order valence-electron chi connectivity index (χ4n) is 1.36. The molecule has 8 nitrogen and oxygen atoms in total. The van der Waals surface area contributed by atoms with Crippen LogP contribution in [0, 0.1) is 0 Å². The van der Waals surface area contributed by atoms with Crippen LogP contribution in [0.2, 0.25) is 0 Å². The number of anilines is 1. The van der Waals surface area contributed by atoms with E-state index in [9.17, 15) is 4.79 Å². The first-order chi connectivity index (χ1) is 9.17. The lowest BCUT2D eigenvalue weighted by atomic mass is 10.4. The van der Waals surface area contributed by atoms with Crippen molar-refractivity contribution in [1.82, 2.24) is 24.8 Å². The van der Waals surface area contributed by atoms with Crippen LogP contribution in [-0.2, 0) is 4.74 Å². The van der Waals surface area contributed by atoms with E-state index in [4.69, 9.17) is 10.5 Å². The summed E-state index contributed by atoms with van der Waals surface area (Å²) in [5.74, 6) is 0.630. The molecule has 0 fully saturated rings. The summed E-state index contributed by atoms with van der Waals surface area (Å²) in [5.41, 5.74) is 5.79. The first kappa shape index (κ1) is 13.5. The van der Waals surface area contributed by atoms with E-state index in [2.05, 4.69) is 27.2 Å². The average molecular weight is 282 g/mol. The van der Waals surface area contributed by atoms with Crippen molar-refractivity contribution >= 4 is 29.3 Å². The standard InChI is InChI=1S/C10H14N6O2S/c1-3-5-19-10-12-9-14-13-6(8(17)18-4-2)7(11)16(9)15-10/h3-5,11H2,1-2H3. The van der Waals surface area contributed by atoms with Gasteiger partial charge in [0, 0.05) is 5.75 Å². The van der Waals surface area contributed by atoms with Crippen molar-refractivity contribution in [3.63, 3.8) is 0 Å². The Morgan fingerprint density at radius 3 is 2.89 bits per heavy atom. The van der Waals surface area contributed by atoms with Gasteiger partial charge in [-0.2, -0.15) is 9.50 Å². The van der Waals surface area contributed by atoms with E-state index in [0.29, 0.717) is 5.16 Å². The van der Waals surface area contributed by atoms with E-state index in [0.717, 1.165) is 12.2 Å². The van der Waals surface area contributed by atoms with Crippen LogP contribution in [0.5, 0.6) is 0 Å². The maximum Gasteiger partial charge on any atom is 0.362 e. The maximum absolute atomic E-state index is 11.6. The topological polar surface area (TPSA) is 108 Å². The predicted molar refractivity (Wildman–Crippen MR) is 70.0 cm³/mol. The number of aromatic nitrogens is 5. The van der Waals surface area contributed by atoms with Gasteiger partial charge in [-0.15, -0.1) is 15.3 Å². The monoisotopic (exact) mass is 282 g/mol. The Balaban J connectivity index is 2.37. The third kappa shape index (κ3) is 2.75. The summed E-state index contributed by atoms with van der Waals surface area (Å²) in [5, 5.41) is 12.3. The number of carbonyl (C=O) groups is 1. The molecular formula is C10H14N6O2S. The van der Waals surface area contributed by atoms with Gasteiger partial charge >= 0.3 is 5.97 Å². The van der Waals surface area contributed by atoms with Crippen LogP contribution in [-0.4, -0.2) is 43.1 Å². The number of ether oxygens (including phenoxy) is 1. The molecule has 0 atom stereocenters. The minimum Gasteiger partial charge on any atom is -0.461 e. The van der Waals surface area contributed by atoms with Crippen molar-refractivity contribution in [3.8, 4) is 0 Å². The summed E-state index contributed by atoms with van der Waals surface area (Å²) in [6.07, 6.45) is 1.01. The molecule has 0 bridgehead atoms. The second-order valence-electron chi connectivity index (χ2n) is 3.61. The van der Waals surface area contributed by atoms with Crippen molar-refractivity contribution in [2.24, 2.45) is 0 Å². The normalized spacial score (nSPS) is 10.8. The molecule has 2 rings (SSSR count). The smallest absolute Gasteiger partial charge is 0.362 e. The second-order valence-corrected chi connectivity index (χ2v) is 4.67. The molecule has 0 aromatic carbocycles. The molecule has 0 radical (unpaired) electrons. The van der Waals surface area contributed by atoms with Gasteiger partial charge in [-0.25, -0.2) is 4.79 Å². The number of thioether (sulfide) groups is 1. The summed E-state index contributed by atoms with van der Waals surface area (Å²) >= 11 is 1.50. The zero-order chi connectivity index (χ0) is 13.8. The zero-order valence-electron chi connectivity index (χ0n) is 10.7. The number of nitrogens with two attached hydrogens (primary N) is 1. The van der Waals surface area contributed by atoms with E-state index in [-0.39, 0.29) is 23.9 Å². The molecule has 102 valence electrons. The summed E-state index contributed by atoms with van der Waals surface area (Å²) < 4.78 is 6.14. The molecule has 0 saturated carbocycles. The average Bonchev–Trinajstić information content (AvgIpc) is 2.81. The lowest BCUT2D eigenvalue weighted by Crippen LogP contribution is -2.15. The summed E-state index contributed by atoms with van der Waals surface area (Å²) in [6, 6.07) is 0. The second kappa shape index (κ2) is 5.83. The molecule has 0 aliphatic rings. The number of nitrogen functional groups attached to an aromatic ring is 1. The van der Waals surface area contributed by atoms with Gasteiger partial charge in [0.05, 0.1) is 6.61 Å². The Hall–Kier alpha value is -1.90. The lowest BCUT2D eigenvalue weighted by Gasteiger charge is -2.03. The highest BCUT2D eigenvalue weighted by atomic mass is 32.2. The van der Waals surface area contributed by atoms with Gasteiger partial charge in [0.25, 0.3) is 5.78 Å². The number of fused-ring (bicyclic) bond motifs is 1. The zero-order valence-corrected chi connectivity index (χ0v) is 11.5. The van der Waals surface area contributed by atoms with Crippen LogP contribution in [0.3, 0.4) is 0 Å². The van der Waals surface area contributed by atoms with Gasteiger partial charge in [-0.05, 0) is 13.3 Å². The number of carbonyl (C=O) groups excluding carboxylic acids is 1. The Morgan fingerprint density at radius 1 is 1.42 bits per heavy atom. The van der Waals surface area contributed by atoms with Gasteiger partial charge in [-0.1, -0.05) is 18.7 Å². The van der Waals surface area contributed by atoms with Crippen LogP contribution in [0.15, 0.2) is 5.16 Å². The fourth-order valence-corrected chi connectivity index (χ4v) is 2.03. The molecule has 0 aliphatic carbocycles. The Kier molecular flexibility index (Phi) is 4.15. The molecule has 19 heavy (non-hydrogen) atoms. The van der Waals surface area contributed by atoms with Crippen LogP contribution in [0.1, 0.15) is 30.8 Å². The molecule has 0 spiro atoms. The highest BCUT2D eigenvalue weighted by molar-refractivity contribution is 7.99. The molecule has 0 aliphatic heterocycles. The van der Waals surface area contributed by atoms with Crippen molar-refractivity contribution in [3.05, 3.63) is 5.69 Å². The summed E-state index contributed by atoms with van der Waals surface area (Å²) in [7, 11) is 0. The third-order valence-corrected chi connectivity index (χ3v) is 3.23. The van der Waals surface area contributed by atoms with Gasteiger partial charge < -0.3 is 10.5 Å². The molecule has 2 aromatic rings. The molecule has 0 saturated heterocycles. The van der Waals surface area contributed by atoms with E-state index in [1.54, 1.807) is 6.92 Å². The SMILES string of the molecule is CCCSc1nc2nnc(C(=O)OCC)c(N)n2n1. The number of esters is 1. The van der Waals surface area contributed by atoms with Gasteiger partial charge in [0.1, 0.15) is 0 Å². The van der Waals surface area contributed by atoms with Gasteiger partial charge in [0.2, 0.25) is 10.9 Å². The van der Waals surface area contributed by atoms with E-state index in [1.807, 2.05) is 0 Å². The fraction of sp³-hybridized carbons (Fsp3) is 0.500. The molecule has 2 heterocycles. The Bertz CT molecular complexity index is 599. The van der Waals surface area contributed by atoms with Crippen molar-refractivity contribution in [2.45, 2.75) is 25.4 Å². The Labute approximate surface area is 113 Å². The Morgan fingerprint density at radius 2 is 2.21 bits per heavy atom. The van der Waals surface area contributed by atoms with Crippen molar-refractivity contribution in [1.29, 1.82) is 0 Å². The van der Waals surface area contributed by atoms with Crippen LogP contribution < -0.4 is 5.73 Å². The van der Waals surface area contributed by atoms with Gasteiger partial charge in [0.15, 0.2) is 5.82 Å². The number of nitrogens with zero attached hydrogens (tertiary/aromatic N) is 5. The quantitative estimate of drug-likeness (QED) is 0.633. The highest BCUT2D eigenvalue weighted by Crippen LogP contribution is 2.17. The number of rotatable bonds is 5. The summed E-state index contributed by atoms with van der Waals surface area (Å²) in [4.78, 5) is 15.8. The number of hydrogen-bond acceptors (Lipinski definition) is 8. The molecule has 2 aromatic heterocycles. The number of hydrogen-bond donors (Lipinski definition) is 1. The minimum absolute atomic E-state index is 0.0497. The first-order valence-electron chi connectivity index (χ1n) is 5.86. The van der Waals surface area contributed by atoms with Crippen molar-refractivity contribution in [2.75, 3.05) is 18.1 Å². The molecule has 0 unspecified atom stereocenters. The van der Waals surface area contributed by atoms with Crippen LogP contribution in [0.25, 0.3) is 5.78 Å². The van der Waals surface area contributed by atoms with Gasteiger partial charge in [-0.3, -0.25) is 0 Å². The minimum atomic E-state index is -0.618. The molecule has 0 amide bonds. The molecule has 2 N–H and O–H groups in total. The van der Waals surface area contributed by atoms with Crippen LogP contribution >= 0.6 is 11.8 Å². The maximum atomic E-state index is 11.6. The first-order valence-corrected chi connectivity index (χ1v) is 6.84.